The molecule has 0 aromatic heterocycles. The molecule has 1 rings (SSSR count). The number of esters is 1. The third-order valence-corrected chi connectivity index (χ3v) is 1.92. The Morgan fingerprint density at radius 3 is 2.00 bits per heavy atom. The molecule has 0 saturated carbocycles. The van der Waals surface area contributed by atoms with Crippen LogP contribution in [0, 0.1) is 0 Å². The van der Waals surface area contributed by atoms with Crippen molar-refractivity contribution >= 4 is 54.9 Å². The van der Waals surface area contributed by atoms with Crippen molar-refractivity contribution in [2.45, 2.75) is 52.7 Å². The zero-order valence-corrected chi connectivity index (χ0v) is 17.2. The van der Waals surface area contributed by atoms with E-state index in [4.69, 9.17) is 9.47 Å². The maximum atomic E-state index is 12.1. The average Bonchev–Trinajstić information content (AvgIpc) is 2.12. The fourth-order valence-electron chi connectivity index (χ4n) is 1.39. The first kappa shape index (κ1) is 19.1. The van der Waals surface area contributed by atoms with Gasteiger partial charge in [0.05, 0.1) is 0 Å². The van der Waals surface area contributed by atoms with Crippen LogP contribution >= 0.6 is 0 Å². The van der Waals surface area contributed by atoms with E-state index in [9.17, 15) is 4.79 Å². The van der Waals surface area contributed by atoms with Crippen molar-refractivity contribution in [2.24, 2.45) is 0 Å². The van der Waals surface area contributed by atoms with E-state index in [-0.39, 0.29) is 63.3 Å². The summed E-state index contributed by atoms with van der Waals surface area (Å²) in [5.74, 6) is 0.196. The minimum absolute atomic E-state index is 0. The Morgan fingerprint density at radius 2 is 1.53 bits per heavy atom. The molecule has 19 heavy (non-hydrogen) atoms. The maximum Gasteiger partial charge on any atom is 2.00 e. The number of hydrogen-bond donors (Lipinski definition) is 0. The van der Waals surface area contributed by atoms with Crippen LogP contribution in [0.25, 0.3) is 0 Å². The van der Waals surface area contributed by atoms with E-state index in [1.54, 1.807) is 18.2 Å². The monoisotopic (exact) mass is 390 g/mol. The van der Waals surface area contributed by atoms with E-state index in [0.29, 0.717) is 11.3 Å². The van der Waals surface area contributed by atoms with Crippen LogP contribution in [0.4, 0.5) is 0 Å². The van der Waals surface area contributed by atoms with Crippen molar-refractivity contribution in [1.29, 1.82) is 0 Å². The Morgan fingerprint density at radius 1 is 1.00 bits per heavy atom. The molecule has 104 valence electrons. The van der Waals surface area contributed by atoms with Crippen molar-refractivity contribution in [2.75, 3.05) is 0 Å². The van der Waals surface area contributed by atoms with E-state index < -0.39 is 5.60 Å². The smallest absolute Gasteiger partial charge is 1.00 e. The molecule has 0 heterocycles. The van der Waals surface area contributed by atoms with Crippen LogP contribution in [-0.4, -0.2) is 66.1 Å². The topological polar surface area (TPSA) is 35.5 Å². The molecular weight excluding hydrogens is 365 g/mol. The summed E-state index contributed by atoms with van der Waals surface area (Å²) < 4.78 is 11.1. The molecular formula is C15H24BaO3. The van der Waals surface area contributed by atoms with Gasteiger partial charge in [-0.25, -0.2) is 4.79 Å². The molecule has 0 atom stereocenters. The molecule has 4 heteroatoms. The van der Waals surface area contributed by atoms with Crippen LogP contribution in [0.2, 0.25) is 0 Å². The summed E-state index contributed by atoms with van der Waals surface area (Å²) in [4.78, 5) is 12.1. The van der Waals surface area contributed by atoms with Crippen molar-refractivity contribution in [1.82, 2.24) is 0 Å². The van der Waals surface area contributed by atoms with Crippen LogP contribution in [-0.2, 0) is 4.74 Å². The average molecular weight is 390 g/mol. The summed E-state index contributed by atoms with van der Waals surface area (Å²) in [6.07, 6.45) is 0. The second-order valence-corrected chi connectivity index (χ2v) is 6.21. The molecule has 0 aliphatic heterocycles. The molecule has 3 nitrogen and oxygen atoms in total. The molecule has 0 bridgehead atoms. The quantitative estimate of drug-likeness (QED) is 0.572. The minimum atomic E-state index is -0.508. The Hall–Kier alpha value is 0.0614. The SMILES string of the molecule is CC(C)(C)OC(=O)c1ccccc1OC(C)(C)C.[Ba+2].[H-].[H-]. The van der Waals surface area contributed by atoms with Gasteiger partial charge in [-0.15, -0.1) is 0 Å². The van der Waals surface area contributed by atoms with Crippen molar-refractivity contribution < 1.29 is 17.1 Å². The first-order chi connectivity index (χ1) is 8.08. The number of carbonyl (C=O) groups is 1. The van der Waals surface area contributed by atoms with Gasteiger partial charge in [0.2, 0.25) is 0 Å². The van der Waals surface area contributed by atoms with Crippen molar-refractivity contribution in [3.8, 4) is 5.75 Å². The molecule has 0 unspecified atom stereocenters. The molecule has 0 amide bonds. The van der Waals surface area contributed by atoms with Gasteiger partial charge in [0, 0.05) is 0 Å². The summed E-state index contributed by atoms with van der Waals surface area (Å²) in [6.45, 7) is 11.4. The first-order valence-corrected chi connectivity index (χ1v) is 6.10. The van der Waals surface area contributed by atoms with Crippen molar-refractivity contribution in [3.63, 3.8) is 0 Å². The molecule has 0 radical (unpaired) electrons. The number of carbonyl (C=O) groups excluding carboxylic acids is 1. The molecule has 0 spiro atoms. The Balaban J connectivity index is -0.00000108. The van der Waals surface area contributed by atoms with Gasteiger partial charge in [-0.05, 0) is 53.7 Å². The third kappa shape index (κ3) is 7.42. The molecule has 0 N–H and O–H groups in total. The Kier molecular flexibility index (Phi) is 7.20. The zero-order valence-electron chi connectivity index (χ0n) is 14.7. The Bertz CT molecular complexity index is 437. The van der Waals surface area contributed by atoms with Crippen molar-refractivity contribution in [3.05, 3.63) is 29.8 Å². The third-order valence-electron chi connectivity index (χ3n) is 1.92. The normalized spacial score (nSPS) is 11.5. The predicted molar refractivity (Wildman–Crippen MR) is 80.0 cm³/mol. The first-order valence-electron chi connectivity index (χ1n) is 6.10. The van der Waals surface area contributed by atoms with E-state index in [1.165, 1.54) is 0 Å². The number of para-hydroxylation sites is 1. The second-order valence-electron chi connectivity index (χ2n) is 6.21. The van der Waals surface area contributed by atoms with Gasteiger partial charge in [0.15, 0.2) is 0 Å². The number of hydrogen-bond acceptors (Lipinski definition) is 3. The second kappa shape index (κ2) is 7.18. The molecule has 0 aliphatic carbocycles. The summed E-state index contributed by atoms with van der Waals surface area (Å²) >= 11 is 0. The van der Waals surface area contributed by atoms with Gasteiger partial charge in [-0.2, -0.15) is 0 Å². The fourth-order valence-corrected chi connectivity index (χ4v) is 1.39. The molecule has 0 aliphatic rings. The fraction of sp³-hybridized carbons (Fsp3) is 0.533. The van der Waals surface area contributed by atoms with Gasteiger partial charge < -0.3 is 12.3 Å². The zero-order chi connectivity index (χ0) is 14.0. The maximum absolute atomic E-state index is 12.1. The van der Waals surface area contributed by atoms with E-state index in [0.717, 1.165) is 0 Å². The Labute approximate surface area is 159 Å². The number of benzene rings is 1. The van der Waals surface area contributed by atoms with Gasteiger partial charge in [0.1, 0.15) is 22.5 Å². The predicted octanol–water partition coefficient (Wildman–Crippen LogP) is 3.66. The van der Waals surface area contributed by atoms with Gasteiger partial charge >= 0.3 is 54.9 Å². The minimum Gasteiger partial charge on any atom is -1.00 e. The van der Waals surface area contributed by atoms with Crippen LogP contribution < -0.4 is 4.74 Å². The van der Waals surface area contributed by atoms with Crippen LogP contribution in [0.15, 0.2) is 24.3 Å². The summed E-state index contributed by atoms with van der Waals surface area (Å²) in [5.41, 5.74) is -0.397. The molecule has 0 saturated heterocycles. The number of ether oxygens (including phenoxy) is 2. The van der Waals surface area contributed by atoms with Gasteiger partial charge in [-0.1, -0.05) is 12.1 Å². The molecule has 1 aromatic rings. The van der Waals surface area contributed by atoms with E-state index in [2.05, 4.69) is 0 Å². The van der Waals surface area contributed by atoms with Crippen LogP contribution in [0.1, 0.15) is 54.8 Å². The molecule has 1 aromatic carbocycles. The number of rotatable bonds is 2. The summed E-state index contributed by atoms with van der Waals surface area (Å²) in [7, 11) is 0. The van der Waals surface area contributed by atoms with E-state index in [1.807, 2.05) is 47.6 Å². The summed E-state index contributed by atoms with van der Waals surface area (Å²) in [5, 5.41) is 0. The molecule has 0 fully saturated rings. The van der Waals surface area contributed by atoms with E-state index >= 15 is 0 Å². The van der Waals surface area contributed by atoms with Crippen LogP contribution in [0.5, 0.6) is 5.75 Å². The standard InChI is InChI=1S/C15H22O3.Ba.2H/c1-14(2,3)17-12-10-8-7-9-11(12)13(16)18-15(4,5)6;;;/h7-10H,1-6H3;;;/q;+2;2*-1. The van der Waals surface area contributed by atoms with Crippen LogP contribution in [0.3, 0.4) is 0 Å². The van der Waals surface area contributed by atoms with Gasteiger partial charge in [-0.3, -0.25) is 0 Å². The van der Waals surface area contributed by atoms with Gasteiger partial charge in [0.25, 0.3) is 0 Å². The largest absolute Gasteiger partial charge is 2.00 e. The summed E-state index contributed by atoms with van der Waals surface area (Å²) in [6, 6.07) is 7.14.